The van der Waals surface area contributed by atoms with Crippen LogP contribution < -0.4 is 0 Å². The van der Waals surface area contributed by atoms with Gasteiger partial charge in [-0.15, -0.1) is 0 Å². The summed E-state index contributed by atoms with van der Waals surface area (Å²) in [5.41, 5.74) is 1.61. The number of rotatable bonds is 1. The predicted molar refractivity (Wildman–Crippen MR) is 58.6 cm³/mol. The molecule has 2 heteroatoms. The van der Waals surface area contributed by atoms with E-state index in [-0.39, 0.29) is 11.7 Å². The molecule has 4 rings (SSSR count). The molecular weight excluding hydrogens is 188 g/mol. The maximum absolute atomic E-state index is 10.2. The number of fused-ring (bicyclic) bond motifs is 2. The highest BCUT2D eigenvalue weighted by molar-refractivity contribution is 5.32. The van der Waals surface area contributed by atoms with E-state index < -0.39 is 0 Å². The highest BCUT2D eigenvalue weighted by atomic mass is 16.5. The normalized spacial score (nSPS) is 48.7. The van der Waals surface area contributed by atoms with Gasteiger partial charge in [-0.2, -0.15) is 0 Å². The van der Waals surface area contributed by atoms with Gasteiger partial charge in [0.25, 0.3) is 0 Å². The standard InChI is InChI=1S/C13H20O2/c1-15-13-7-6-12(9-11(13)14)5-3-2-4-10(12)8-13/h8,11,14H,2-7,9H2,1H3/t11-,12+,13-/m0/s1. The second-order valence-corrected chi connectivity index (χ2v) is 5.54. The lowest BCUT2D eigenvalue weighted by Gasteiger charge is -2.56. The van der Waals surface area contributed by atoms with Crippen LogP contribution >= 0.6 is 0 Å². The summed E-state index contributed by atoms with van der Waals surface area (Å²) < 4.78 is 5.60. The Balaban J connectivity index is 2.04. The van der Waals surface area contributed by atoms with E-state index in [0.717, 1.165) is 12.8 Å². The predicted octanol–water partition coefficient (Wildman–Crippen LogP) is 2.42. The third kappa shape index (κ3) is 1.18. The molecule has 2 bridgehead atoms. The SMILES string of the molecule is CO[C@]12C=C3CCCC[C@@]3(CC1)C[C@@H]2O. The molecule has 1 N–H and O–H groups in total. The fourth-order valence-electron chi connectivity index (χ4n) is 3.96. The first-order valence-electron chi connectivity index (χ1n) is 6.16. The van der Waals surface area contributed by atoms with Gasteiger partial charge in [-0.3, -0.25) is 0 Å². The van der Waals surface area contributed by atoms with Gasteiger partial charge in [-0.25, -0.2) is 0 Å². The van der Waals surface area contributed by atoms with E-state index in [2.05, 4.69) is 6.08 Å². The molecule has 3 atom stereocenters. The zero-order valence-corrected chi connectivity index (χ0v) is 9.46. The number of methoxy groups -OCH3 is 1. The van der Waals surface area contributed by atoms with Gasteiger partial charge in [0, 0.05) is 7.11 Å². The van der Waals surface area contributed by atoms with E-state index >= 15 is 0 Å². The van der Waals surface area contributed by atoms with Crippen LogP contribution in [0.5, 0.6) is 0 Å². The second kappa shape index (κ2) is 3.08. The third-order valence-electron chi connectivity index (χ3n) is 4.97. The van der Waals surface area contributed by atoms with Gasteiger partial charge < -0.3 is 9.84 Å². The molecule has 2 fully saturated rings. The molecule has 0 saturated heterocycles. The fraction of sp³-hybridized carbons (Fsp3) is 0.846. The van der Waals surface area contributed by atoms with Crippen molar-refractivity contribution in [1.82, 2.24) is 0 Å². The van der Waals surface area contributed by atoms with E-state index in [9.17, 15) is 5.11 Å². The average molecular weight is 208 g/mol. The lowest BCUT2D eigenvalue weighted by molar-refractivity contribution is -0.133. The molecule has 0 heterocycles. The van der Waals surface area contributed by atoms with Crippen LogP contribution in [0.25, 0.3) is 0 Å². The van der Waals surface area contributed by atoms with Crippen LogP contribution in [-0.2, 0) is 4.74 Å². The molecule has 84 valence electrons. The van der Waals surface area contributed by atoms with E-state index in [1.165, 1.54) is 32.1 Å². The highest BCUT2D eigenvalue weighted by Crippen LogP contribution is 2.58. The van der Waals surface area contributed by atoms with Crippen molar-refractivity contribution in [1.29, 1.82) is 0 Å². The number of hydrogen-bond donors (Lipinski definition) is 1. The van der Waals surface area contributed by atoms with Crippen LogP contribution in [0.1, 0.15) is 44.9 Å². The summed E-state index contributed by atoms with van der Waals surface area (Å²) in [7, 11) is 1.74. The minimum atomic E-state index is -0.339. The Kier molecular flexibility index (Phi) is 2.02. The molecule has 0 amide bonds. The van der Waals surface area contributed by atoms with Gasteiger partial charge in [0.1, 0.15) is 5.60 Å². The molecule has 4 aliphatic rings. The minimum Gasteiger partial charge on any atom is -0.390 e. The van der Waals surface area contributed by atoms with E-state index in [1.807, 2.05) is 0 Å². The van der Waals surface area contributed by atoms with Crippen LogP contribution in [0, 0.1) is 5.41 Å². The number of aliphatic hydroxyl groups is 1. The Morgan fingerprint density at radius 3 is 2.93 bits per heavy atom. The Bertz CT molecular complexity index is 310. The van der Waals surface area contributed by atoms with Gasteiger partial charge in [-0.1, -0.05) is 18.1 Å². The molecule has 15 heavy (non-hydrogen) atoms. The van der Waals surface area contributed by atoms with E-state index in [1.54, 1.807) is 12.7 Å². The molecule has 4 aliphatic carbocycles. The quantitative estimate of drug-likeness (QED) is 0.671. The topological polar surface area (TPSA) is 29.5 Å². The molecule has 0 unspecified atom stereocenters. The second-order valence-electron chi connectivity index (χ2n) is 5.54. The maximum atomic E-state index is 10.2. The first-order valence-corrected chi connectivity index (χ1v) is 6.16. The summed E-state index contributed by atoms with van der Waals surface area (Å²) in [6.45, 7) is 0. The summed E-state index contributed by atoms with van der Waals surface area (Å²) in [4.78, 5) is 0. The Morgan fingerprint density at radius 2 is 2.20 bits per heavy atom. The van der Waals surface area contributed by atoms with Crippen LogP contribution in [0.2, 0.25) is 0 Å². The van der Waals surface area contributed by atoms with Crippen LogP contribution in [0.3, 0.4) is 0 Å². The third-order valence-corrected chi connectivity index (χ3v) is 4.97. The highest BCUT2D eigenvalue weighted by Gasteiger charge is 2.54. The van der Waals surface area contributed by atoms with Crippen LogP contribution in [-0.4, -0.2) is 23.9 Å². The summed E-state index contributed by atoms with van der Waals surface area (Å²) in [5.74, 6) is 0. The molecule has 0 aliphatic heterocycles. The monoisotopic (exact) mass is 208 g/mol. The molecule has 0 aromatic rings. The lowest BCUT2D eigenvalue weighted by atomic mass is 9.53. The van der Waals surface area contributed by atoms with Gasteiger partial charge in [0.2, 0.25) is 0 Å². The van der Waals surface area contributed by atoms with Crippen molar-refractivity contribution in [2.75, 3.05) is 7.11 Å². The zero-order chi connectivity index (χ0) is 10.5. The molecular formula is C13H20O2. The molecule has 0 aromatic carbocycles. The Hall–Kier alpha value is -0.340. The number of aliphatic hydroxyl groups excluding tert-OH is 1. The van der Waals surface area contributed by atoms with Crippen molar-refractivity contribution in [2.24, 2.45) is 5.41 Å². The van der Waals surface area contributed by atoms with E-state index in [4.69, 9.17) is 4.74 Å². The van der Waals surface area contributed by atoms with Gasteiger partial charge >= 0.3 is 0 Å². The van der Waals surface area contributed by atoms with E-state index in [0.29, 0.717) is 5.41 Å². The number of allylic oxidation sites excluding steroid dienone is 1. The largest absolute Gasteiger partial charge is 0.390 e. The molecule has 0 aromatic heterocycles. The van der Waals surface area contributed by atoms with Crippen molar-refractivity contribution < 1.29 is 9.84 Å². The lowest BCUT2D eigenvalue weighted by Crippen LogP contribution is -2.56. The maximum Gasteiger partial charge on any atom is 0.112 e. The number of hydrogen-bond acceptors (Lipinski definition) is 2. The molecule has 0 radical (unpaired) electrons. The molecule has 1 spiro atoms. The minimum absolute atomic E-state index is 0.280. The van der Waals surface area contributed by atoms with Crippen LogP contribution in [0.15, 0.2) is 11.6 Å². The molecule has 2 nitrogen and oxygen atoms in total. The average Bonchev–Trinajstić information content (AvgIpc) is 2.28. The smallest absolute Gasteiger partial charge is 0.112 e. The Morgan fingerprint density at radius 1 is 1.33 bits per heavy atom. The summed E-state index contributed by atoms with van der Waals surface area (Å²) in [5, 5.41) is 10.2. The van der Waals surface area contributed by atoms with Gasteiger partial charge in [0.05, 0.1) is 6.10 Å². The summed E-state index contributed by atoms with van der Waals surface area (Å²) in [6, 6.07) is 0. The van der Waals surface area contributed by atoms with Crippen molar-refractivity contribution in [3.05, 3.63) is 11.6 Å². The van der Waals surface area contributed by atoms with Crippen molar-refractivity contribution in [2.45, 2.75) is 56.7 Å². The van der Waals surface area contributed by atoms with Crippen molar-refractivity contribution in [3.63, 3.8) is 0 Å². The fourth-order valence-corrected chi connectivity index (χ4v) is 3.96. The van der Waals surface area contributed by atoms with Crippen LogP contribution in [0.4, 0.5) is 0 Å². The van der Waals surface area contributed by atoms with Gasteiger partial charge in [0.15, 0.2) is 0 Å². The summed E-state index contributed by atoms with van der Waals surface area (Å²) >= 11 is 0. The number of ether oxygens (including phenoxy) is 1. The first-order chi connectivity index (χ1) is 7.21. The van der Waals surface area contributed by atoms with Gasteiger partial charge in [-0.05, 0) is 43.9 Å². The zero-order valence-electron chi connectivity index (χ0n) is 9.46. The Labute approximate surface area is 91.3 Å². The van der Waals surface area contributed by atoms with Crippen molar-refractivity contribution >= 4 is 0 Å². The van der Waals surface area contributed by atoms with Crippen molar-refractivity contribution in [3.8, 4) is 0 Å². The first kappa shape index (κ1) is 9.86. The summed E-state index contributed by atoms with van der Waals surface area (Å²) in [6.07, 6.45) is 10.3. The molecule has 2 saturated carbocycles.